The Morgan fingerprint density at radius 3 is 2.45 bits per heavy atom. The van der Waals surface area contributed by atoms with Gasteiger partial charge < -0.3 is 9.64 Å². The maximum absolute atomic E-state index is 13.7. The minimum atomic E-state index is -4.07. The molecule has 1 aliphatic heterocycles. The van der Waals surface area contributed by atoms with E-state index in [4.69, 9.17) is 4.74 Å². The fourth-order valence-electron chi connectivity index (χ4n) is 3.14. The Morgan fingerprint density at radius 1 is 1.10 bits per heavy atom. The van der Waals surface area contributed by atoms with E-state index in [-0.39, 0.29) is 25.0 Å². The lowest BCUT2D eigenvalue weighted by molar-refractivity contribution is -0.134. The van der Waals surface area contributed by atoms with Crippen LogP contribution in [0, 0.1) is 17.6 Å². The maximum Gasteiger partial charge on any atom is 0.260 e. The average Bonchev–Trinajstić information content (AvgIpc) is 2.71. The number of hydrogen-bond donors (Lipinski definition) is 1. The van der Waals surface area contributed by atoms with Crippen molar-refractivity contribution in [2.75, 3.05) is 26.2 Å². The van der Waals surface area contributed by atoms with Gasteiger partial charge in [0.2, 0.25) is 10.0 Å². The number of ether oxygens (including phenoxy) is 1. The number of rotatable bonds is 7. The molecule has 0 radical (unpaired) electrons. The molecule has 156 valence electrons. The van der Waals surface area contributed by atoms with Gasteiger partial charge in [0.15, 0.2) is 6.61 Å². The standard InChI is InChI=1S/C20H22F2N2O4S/c21-16-6-7-19(18(22)12-16)29(26,27)23-13-15-8-10-24(11-9-15)20(25)14-28-17-4-2-1-3-5-17/h1-7,12,15,23H,8-11,13-14H2. The van der Waals surface area contributed by atoms with E-state index >= 15 is 0 Å². The highest BCUT2D eigenvalue weighted by atomic mass is 32.2. The van der Waals surface area contributed by atoms with Crippen LogP contribution in [0.3, 0.4) is 0 Å². The van der Waals surface area contributed by atoms with Crippen molar-refractivity contribution < 1.29 is 26.7 Å². The molecule has 29 heavy (non-hydrogen) atoms. The van der Waals surface area contributed by atoms with Gasteiger partial charge in [0.05, 0.1) is 0 Å². The molecule has 6 nitrogen and oxygen atoms in total. The molecule has 0 bridgehead atoms. The van der Waals surface area contributed by atoms with E-state index in [2.05, 4.69) is 4.72 Å². The third-order valence-corrected chi connectivity index (χ3v) is 6.28. The van der Waals surface area contributed by atoms with Crippen LogP contribution in [0.5, 0.6) is 5.75 Å². The highest BCUT2D eigenvalue weighted by Gasteiger charge is 2.26. The summed E-state index contributed by atoms with van der Waals surface area (Å²) in [6, 6.07) is 11.4. The quantitative estimate of drug-likeness (QED) is 0.741. The Hall–Kier alpha value is -2.52. The highest BCUT2D eigenvalue weighted by molar-refractivity contribution is 7.89. The predicted octanol–water partition coefficient (Wildman–Crippen LogP) is 2.56. The van der Waals surface area contributed by atoms with Crippen LogP contribution in [-0.2, 0) is 14.8 Å². The number of sulfonamides is 1. The Balaban J connectivity index is 1.45. The smallest absolute Gasteiger partial charge is 0.260 e. The first-order valence-electron chi connectivity index (χ1n) is 9.25. The minimum absolute atomic E-state index is 0.0207. The van der Waals surface area contributed by atoms with E-state index in [0.29, 0.717) is 37.7 Å². The van der Waals surface area contributed by atoms with E-state index in [1.165, 1.54) is 0 Å². The second-order valence-corrected chi connectivity index (χ2v) is 8.59. The summed E-state index contributed by atoms with van der Waals surface area (Å²) in [5, 5.41) is 0. The number of piperidine rings is 1. The van der Waals surface area contributed by atoms with Crippen LogP contribution in [0.2, 0.25) is 0 Å². The zero-order valence-corrected chi connectivity index (χ0v) is 16.5. The van der Waals surface area contributed by atoms with Crippen molar-refractivity contribution in [1.29, 1.82) is 0 Å². The van der Waals surface area contributed by atoms with Crippen LogP contribution in [0.25, 0.3) is 0 Å². The fraction of sp³-hybridized carbons (Fsp3) is 0.350. The third kappa shape index (κ3) is 5.74. The van der Waals surface area contributed by atoms with Crippen molar-refractivity contribution in [3.05, 3.63) is 60.2 Å². The topological polar surface area (TPSA) is 75.7 Å². The van der Waals surface area contributed by atoms with E-state index in [1.54, 1.807) is 17.0 Å². The summed E-state index contributed by atoms with van der Waals surface area (Å²) in [5.74, 6) is -1.45. The number of benzene rings is 2. The molecule has 1 saturated heterocycles. The Bertz CT molecular complexity index is 946. The Kier molecular flexibility index (Phi) is 6.81. The summed E-state index contributed by atoms with van der Waals surface area (Å²) < 4.78 is 59.0. The lowest BCUT2D eigenvalue weighted by Gasteiger charge is -2.32. The first-order chi connectivity index (χ1) is 13.8. The van der Waals surface area contributed by atoms with Crippen molar-refractivity contribution >= 4 is 15.9 Å². The van der Waals surface area contributed by atoms with Gasteiger partial charge >= 0.3 is 0 Å². The highest BCUT2D eigenvalue weighted by Crippen LogP contribution is 2.19. The fourth-order valence-corrected chi connectivity index (χ4v) is 4.31. The largest absolute Gasteiger partial charge is 0.484 e. The number of halogens is 2. The average molecular weight is 424 g/mol. The first kappa shape index (κ1) is 21.2. The molecule has 0 unspecified atom stereocenters. The van der Waals surface area contributed by atoms with Crippen molar-refractivity contribution in [2.24, 2.45) is 5.92 Å². The molecule has 1 N–H and O–H groups in total. The Labute approximate surface area is 168 Å². The number of hydrogen-bond acceptors (Lipinski definition) is 4. The molecule has 3 rings (SSSR count). The molecule has 1 heterocycles. The Morgan fingerprint density at radius 2 is 1.79 bits per heavy atom. The second kappa shape index (κ2) is 9.32. The molecule has 0 saturated carbocycles. The number of nitrogens with one attached hydrogen (secondary N) is 1. The normalized spacial score (nSPS) is 15.3. The van der Waals surface area contributed by atoms with Crippen LogP contribution in [0.4, 0.5) is 8.78 Å². The van der Waals surface area contributed by atoms with Gasteiger partial charge in [-0.1, -0.05) is 18.2 Å². The molecular formula is C20H22F2N2O4S. The zero-order valence-electron chi connectivity index (χ0n) is 15.7. The van der Waals surface area contributed by atoms with Crippen LogP contribution >= 0.6 is 0 Å². The van der Waals surface area contributed by atoms with Gasteiger partial charge in [-0.2, -0.15) is 0 Å². The molecule has 1 amide bonds. The third-order valence-electron chi connectivity index (χ3n) is 4.82. The molecule has 0 spiro atoms. The number of likely N-dealkylation sites (tertiary alicyclic amines) is 1. The lowest BCUT2D eigenvalue weighted by atomic mass is 9.97. The molecule has 2 aromatic rings. The monoisotopic (exact) mass is 424 g/mol. The van der Waals surface area contributed by atoms with Gasteiger partial charge in [-0.3, -0.25) is 4.79 Å². The number of amides is 1. The predicted molar refractivity (Wildman–Crippen MR) is 103 cm³/mol. The number of carbonyl (C=O) groups is 1. The molecule has 0 aromatic heterocycles. The SMILES string of the molecule is O=C(COc1ccccc1)N1CCC(CNS(=O)(=O)c2ccc(F)cc2F)CC1. The molecule has 9 heteroatoms. The molecule has 2 aromatic carbocycles. The summed E-state index contributed by atoms with van der Waals surface area (Å²) in [7, 11) is -4.07. The van der Waals surface area contributed by atoms with Gasteiger partial charge in [0.1, 0.15) is 22.3 Å². The second-order valence-electron chi connectivity index (χ2n) is 6.85. The van der Waals surface area contributed by atoms with Gasteiger partial charge in [-0.15, -0.1) is 0 Å². The summed E-state index contributed by atoms with van der Waals surface area (Å²) in [4.78, 5) is 13.4. The summed E-state index contributed by atoms with van der Waals surface area (Å²) in [6.07, 6.45) is 1.23. The van der Waals surface area contributed by atoms with Crippen LogP contribution < -0.4 is 9.46 Å². The van der Waals surface area contributed by atoms with Gasteiger partial charge in [-0.25, -0.2) is 21.9 Å². The first-order valence-corrected chi connectivity index (χ1v) is 10.7. The number of para-hydroxylation sites is 1. The molecule has 1 aliphatic rings. The number of nitrogens with zero attached hydrogens (tertiary/aromatic N) is 1. The summed E-state index contributed by atoms with van der Waals surface area (Å²) in [6.45, 7) is 1.06. The van der Waals surface area contributed by atoms with E-state index in [1.807, 2.05) is 18.2 Å². The van der Waals surface area contributed by atoms with Gasteiger partial charge in [-0.05, 0) is 43.0 Å². The van der Waals surface area contributed by atoms with Gasteiger partial charge in [0, 0.05) is 25.7 Å². The maximum atomic E-state index is 13.7. The molecule has 1 fully saturated rings. The van der Waals surface area contributed by atoms with Crippen molar-refractivity contribution in [2.45, 2.75) is 17.7 Å². The van der Waals surface area contributed by atoms with E-state index in [0.717, 1.165) is 12.1 Å². The molecule has 0 aliphatic carbocycles. The number of carbonyl (C=O) groups excluding carboxylic acids is 1. The molecule has 0 atom stereocenters. The van der Waals surface area contributed by atoms with E-state index in [9.17, 15) is 22.0 Å². The zero-order chi connectivity index (χ0) is 20.9. The summed E-state index contributed by atoms with van der Waals surface area (Å²) in [5.41, 5.74) is 0. The van der Waals surface area contributed by atoms with Crippen LogP contribution in [0.15, 0.2) is 53.4 Å². The van der Waals surface area contributed by atoms with Crippen molar-refractivity contribution in [3.8, 4) is 5.75 Å². The minimum Gasteiger partial charge on any atom is -0.484 e. The van der Waals surface area contributed by atoms with E-state index < -0.39 is 26.6 Å². The molecular weight excluding hydrogens is 402 g/mol. The van der Waals surface area contributed by atoms with Crippen molar-refractivity contribution in [1.82, 2.24) is 9.62 Å². The summed E-state index contributed by atoms with van der Waals surface area (Å²) >= 11 is 0. The van der Waals surface area contributed by atoms with Crippen LogP contribution in [-0.4, -0.2) is 45.5 Å². The lowest BCUT2D eigenvalue weighted by Crippen LogP contribution is -2.43. The van der Waals surface area contributed by atoms with Crippen LogP contribution in [0.1, 0.15) is 12.8 Å². The van der Waals surface area contributed by atoms with Crippen molar-refractivity contribution in [3.63, 3.8) is 0 Å². The van der Waals surface area contributed by atoms with Gasteiger partial charge in [0.25, 0.3) is 5.91 Å².